The summed E-state index contributed by atoms with van der Waals surface area (Å²) in [7, 11) is 0. The Morgan fingerprint density at radius 2 is 2.06 bits per heavy atom. The Balaban J connectivity index is 2.40. The van der Waals surface area contributed by atoms with Gasteiger partial charge in [-0.25, -0.2) is 0 Å². The summed E-state index contributed by atoms with van der Waals surface area (Å²) < 4.78 is 1.06. The second kappa shape index (κ2) is 6.26. The average Bonchev–Trinajstić information content (AvgIpc) is 2.18. The molecule has 0 aromatic heterocycles. The number of halogens is 1. The molecule has 0 aliphatic carbocycles. The molecule has 0 atom stereocenters. The van der Waals surface area contributed by atoms with Gasteiger partial charge in [0.1, 0.15) is 0 Å². The van der Waals surface area contributed by atoms with Crippen molar-refractivity contribution in [1.82, 2.24) is 5.32 Å². The SMILES string of the molecule is CC(C)(C)NC(=O)CCNc1ccc(N)cc1I. The molecule has 0 radical (unpaired) electrons. The Hall–Kier alpha value is -0.980. The van der Waals surface area contributed by atoms with Crippen molar-refractivity contribution >= 4 is 39.9 Å². The van der Waals surface area contributed by atoms with Crippen molar-refractivity contribution in [2.24, 2.45) is 0 Å². The monoisotopic (exact) mass is 361 g/mol. The van der Waals surface area contributed by atoms with E-state index >= 15 is 0 Å². The molecule has 18 heavy (non-hydrogen) atoms. The summed E-state index contributed by atoms with van der Waals surface area (Å²) in [6.45, 7) is 6.53. The van der Waals surface area contributed by atoms with Crippen LogP contribution in [0.4, 0.5) is 11.4 Å². The van der Waals surface area contributed by atoms with E-state index in [2.05, 4.69) is 33.2 Å². The van der Waals surface area contributed by atoms with Gasteiger partial charge in [-0.05, 0) is 61.6 Å². The normalized spacial score (nSPS) is 11.1. The predicted molar refractivity (Wildman–Crippen MR) is 84.6 cm³/mol. The Kier molecular flexibility index (Phi) is 5.25. The van der Waals surface area contributed by atoms with Gasteiger partial charge in [0.15, 0.2) is 0 Å². The fourth-order valence-electron chi connectivity index (χ4n) is 1.47. The van der Waals surface area contributed by atoms with Crippen molar-refractivity contribution < 1.29 is 4.79 Å². The molecule has 1 amide bonds. The first-order chi connectivity index (χ1) is 8.28. The fourth-order valence-corrected chi connectivity index (χ4v) is 2.20. The van der Waals surface area contributed by atoms with Crippen LogP contribution in [0.1, 0.15) is 27.2 Å². The molecule has 0 aliphatic rings. The lowest BCUT2D eigenvalue weighted by atomic mass is 10.1. The maximum absolute atomic E-state index is 11.6. The number of nitrogens with two attached hydrogens (primary N) is 1. The highest BCUT2D eigenvalue weighted by Gasteiger charge is 2.13. The zero-order valence-corrected chi connectivity index (χ0v) is 13.2. The second-order valence-electron chi connectivity index (χ2n) is 5.21. The first-order valence-electron chi connectivity index (χ1n) is 5.88. The van der Waals surface area contributed by atoms with Crippen LogP contribution in [0.2, 0.25) is 0 Å². The molecule has 4 nitrogen and oxygen atoms in total. The third kappa shape index (κ3) is 5.57. The van der Waals surface area contributed by atoms with Crippen LogP contribution < -0.4 is 16.4 Å². The van der Waals surface area contributed by atoms with E-state index < -0.39 is 0 Å². The fraction of sp³-hybridized carbons (Fsp3) is 0.462. The van der Waals surface area contributed by atoms with Gasteiger partial charge in [-0.15, -0.1) is 0 Å². The summed E-state index contributed by atoms with van der Waals surface area (Å²) in [6.07, 6.45) is 0.456. The van der Waals surface area contributed by atoms with Crippen molar-refractivity contribution in [3.63, 3.8) is 0 Å². The molecule has 0 saturated heterocycles. The quantitative estimate of drug-likeness (QED) is 0.571. The molecule has 1 aromatic rings. The zero-order valence-electron chi connectivity index (χ0n) is 11.0. The maximum atomic E-state index is 11.6. The van der Waals surface area contributed by atoms with Crippen LogP contribution in [0.5, 0.6) is 0 Å². The topological polar surface area (TPSA) is 67.2 Å². The van der Waals surface area contributed by atoms with Crippen molar-refractivity contribution in [3.8, 4) is 0 Å². The van der Waals surface area contributed by atoms with Crippen LogP contribution in [0, 0.1) is 3.57 Å². The molecule has 5 heteroatoms. The summed E-state index contributed by atoms with van der Waals surface area (Å²) in [6, 6.07) is 5.68. The summed E-state index contributed by atoms with van der Waals surface area (Å²) in [5, 5.41) is 6.16. The second-order valence-corrected chi connectivity index (χ2v) is 6.38. The molecule has 0 bridgehead atoms. The van der Waals surface area contributed by atoms with Crippen LogP contribution in [0.25, 0.3) is 0 Å². The summed E-state index contributed by atoms with van der Waals surface area (Å²) in [4.78, 5) is 11.6. The number of nitrogen functional groups attached to an aromatic ring is 1. The van der Waals surface area contributed by atoms with Crippen LogP contribution in [-0.4, -0.2) is 18.0 Å². The van der Waals surface area contributed by atoms with E-state index in [0.29, 0.717) is 13.0 Å². The van der Waals surface area contributed by atoms with Crippen molar-refractivity contribution in [2.45, 2.75) is 32.7 Å². The minimum absolute atomic E-state index is 0.0560. The molecule has 0 fully saturated rings. The van der Waals surface area contributed by atoms with Gasteiger partial charge < -0.3 is 16.4 Å². The lowest BCUT2D eigenvalue weighted by Gasteiger charge is -2.20. The third-order valence-corrected chi connectivity index (χ3v) is 3.07. The van der Waals surface area contributed by atoms with E-state index in [4.69, 9.17) is 5.73 Å². The number of nitrogens with one attached hydrogen (secondary N) is 2. The minimum Gasteiger partial charge on any atom is -0.399 e. The maximum Gasteiger partial charge on any atom is 0.222 e. The summed E-state index contributed by atoms with van der Waals surface area (Å²) in [5.74, 6) is 0.0560. The standard InChI is InChI=1S/C13H20IN3O/c1-13(2,3)17-12(18)6-7-16-11-5-4-9(15)8-10(11)14/h4-5,8,16H,6-7,15H2,1-3H3,(H,17,18). The highest BCUT2D eigenvalue weighted by Crippen LogP contribution is 2.20. The van der Waals surface area contributed by atoms with Gasteiger partial charge in [0.05, 0.1) is 0 Å². The Morgan fingerprint density at radius 3 is 2.61 bits per heavy atom. The van der Waals surface area contributed by atoms with E-state index in [1.165, 1.54) is 0 Å². The van der Waals surface area contributed by atoms with E-state index in [-0.39, 0.29) is 11.4 Å². The average molecular weight is 361 g/mol. The smallest absolute Gasteiger partial charge is 0.222 e. The highest BCUT2D eigenvalue weighted by atomic mass is 127. The van der Waals surface area contributed by atoms with E-state index in [1.54, 1.807) is 0 Å². The Bertz CT molecular complexity index is 427. The molecule has 0 aliphatic heterocycles. The lowest BCUT2D eigenvalue weighted by Crippen LogP contribution is -2.41. The number of benzene rings is 1. The third-order valence-electron chi connectivity index (χ3n) is 2.18. The predicted octanol–water partition coefficient (Wildman–Crippen LogP) is 2.59. The van der Waals surface area contributed by atoms with Crippen LogP contribution in [0.15, 0.2) is 18.2 Å². The van der Waals surface area contributed by atoms with E-state index in [1.807, 2.05) is 39.0 Å². The van der Waals surface area contributed by atoms with Crippen molar-refractivity contribution in [3.05, 3.63) is 21.8 Å². The number of amides is 1. The number of carbonyl (C=O) groups excluding carboxylic acids is 1. The van der Waals surface area contributed by atoms with Gasteiger partial charge in [-0.2, -0.15) is 0 Å². The Morgan fingerprint density at radius 1 is 1.39 bits per heavy atom. The highest BCUT2D eigenvalue weighted by molar-refractivity contribution is 14.1. The number of rotatable bonds is 4. The number of hydrogen-bond acceptors (Lipinski definition) is 3. The molecule has 4 N–H and O–H groups in total. The van der Waals surface area contributed by atoms with Crippen molar-refractivity contribution in [2.75, 3.05) is 17.6 Å². The molecular weight excluding hydrogens is 341 g/mol. The molecule has 1 rings (SSSR count). The largest absolute Gasteiger partial charge is 0.399 e. The molecule has 1 aromatic carbocycles. The molecular formula is C13H20IN3O. The van der Waals surface area contributed by atoms with E-state index in [9.17, 15) is 4.79 Å². The summed E-state index contributed by atoms with van der Waals surface area (Å²) >= 11 is 2.22. The summed E-state index contributed by atoms with van der Waals surface area (Å²) in [5.41, 5.74) is 7.26. The number of anilines is 2. The number of carbonyl (C=O) groups is 1. The number of hydrogen-bond donors (Lipinski definition) is 3. The van der Waals surface area contributed by atoms with Gasteiger partial charge in [0, 0.05) is 33.4 Å². The minimum atomic E-state index is -0.174. The molecule has 0 spiro atoms. The molecule has 0 unspecified atom stereocenters. The van der Waals surface area contributed by atoms with Gasteiger partial charge in [-0.1, -0.05) is 0 Å². The zero-order chi connectivity index (χ0) is 13.8. The van der Waals surface area contributed by atoms with Crippen molar-refractivity contribution in [1.29, 1.82) is 0 Å². The van der Waals surface area contributed by atoms with E-state index in [0.717, 1.165) is 14.9 Å². The van der Waals surface area contributed by atoms with Crippen LogP contribution in [-0.2, 0) is 4.79 Å². The first kappa shape index (κ1) is 15.1. The lowest BCUT2D eigenvalue weighted by molar-refractivity contribution is -0.122. The molecule has 100 valence electrons. The van der Waals surface area contributed by atoms with Crippen LogP contribution >= 0.6 is 22.6 Å². The van der Waals surface area contributed by atoms with Gasteiger partial charge in [0.25, 0.3) is 0 Å². The molecule has 0 saturated carbocycles. The first-order valence-corrected chi connectivity index (χ1v) is 6.96. The molecule has 0 heterocycles. The van der Waals surface area contributed by atoms with Gasteiger partial charge in [0.2, 0.25) is 5.91 Å². The van der Waals surface area contributed by atoms with Gasteiger partial charge in [-0.3, -0.25) is 4.79 Å². The van der Waals surface area contributed by atoms with Gasteiger partial charge >= 0.3 is 0 Å². The Labute approximate surface area is 122 Å². The van der Waals surface area contributed by atoms with Crippen LogP contribution in [0.3, 0.4) is 0 Å².